The predicted octanol–water partition coefficient (Wildman–Crippen LogP) is 1.96. The van der Waals surface area contributed by atoms with Crippen LogP contribution in [0.4, 0.5) is 10.1 Å². The number of hydrogen-bond acceptors (Lipinski definition) is 4. The van der Waals surface area contributed by atoms with E-state index in [-0.39, 0.29) is 24.2 Å². The van der Waals surface area contributed by atoms with Gasteiger partial charge in [0.15, 0.2) is 0 Å². The summed E-state index contributed by atoms with van der Waals surface area (Å²) in [6.45, 7) is 3.78. The van der Waals surface area contributed by atoms with Crippen molar-refractivity contribution in [2.75, 3.05) is 18.9 Å². The minimum atomic E-state index is -1.37. The van der Waals surface area contributed by atoms with Crippen LogP contribution in [-0.2, 0) is 15.8 Å². The Balaban J connectivity index is 1.92. The van der Waals surface area contributed by atoms with Crippen molar-refractivity contribution in [1.29, 1.82) is 0 Å². The van der Waals surface area contributed by atoms with Crippen LogP contribution in [0.3, 0.4) is 0 Å². The fraction of sp³-hybridized carbons (Fsp3) is 0.529. The first-order valence-electron chi connectivity index (χ1n) is 8.27. The number of amidine groups is 1. The van der Waals surface area contributed by atoms with E-state index in [1.807, 2.05) is 0 Å². The molecule has 1 aliphatic heterocycles. The molecule has 3 rings (SSSR count). The molecular weight excluding hydrogens is 343 g/mol. The quantitative estimate of drug-likeness (QED) is 0.857. The van der Waals surface area contributed by atoms with Crippen LogP contribution in [0.1, 0.15) is 38.3 Å². The summed E-state index contributed by atoms with van der Waals surface area (Å²) in [6.07, 6.45) is 1.80. The second-order valence-corrected chi connectivity index (χ2v) is 9.24. The fourth-order valence-corrected chi connectivity index (χ4v) is 4.08. The predicted molar refractivity (Wildman–Crippen MR) is 97.0 cm³/mol. The summed E-state index contributed by atoms with van der Waals surface area (Å²) in [5.41, 5.74) is 6.92. The molecule has 0 bridgehead atoms. The minimum absolute atomic E-state index is 0.0409. The first-order valence-corrected chi connectivity index (χ1v) is 9.38. The van der Waals surface area contributed by atoms with Crippen molar-refractivity contribution >= 4 is 28.4 Å². The molecule has 1 aromatic rings. The number of nitrogens with two attached hydrogens (primary N) is 1. The van der Waals surface area contributed by atoms with Gasteiger partial charge in [-0.2, -0.15) is 0 Å². The second-order valence-electron chi connectivity index (χ2n) is 7.10. The standard InChI is InChI=1S/C17H23FN4O2S/c1-17(2)16(19)21-14(9-22(3)25(17)24)12-8-11(6-7-13(12)18)20-15(23)10-4-5-10/h6-8,10,14H,4-5,9H2,1-3H3,(H2,19,21)(H,20,23). The van der Waals surface area contributed by atoms with Gasteiger partial charge in [-0.1, -0.05) is 0 Å². The highest BCUT2D eigenvalue weighted by molar-refractivity contribution is 7.85. The average Bonchev–Trinajstić information content (AvgIpc) is 3.39. The molecule has 3 N–H and O–H groups in total. The van der Waals surface area contributed by atoms with Gasteiger partial charge in [0.2, 0.25) is 5.91 Å². The number of aliphatic imine (C=N–C) groups is 1. The number of nitrogens with zero attached hydrogens (tertiary/aromatic N) is 2. The van der Waals surface area contributed by atoms with Crippen molar-refractivity contribution in [3.05, 3.63) is 29.6 Å². The maximum Gasteiger partial charge on any atom is 0.227 e. The molecule has 2 atom stereocenters. The van der Waals surface area contributed by atoms with Gasteiger partial charge in [-0.3, -0.25) is 9.79 Å². The van der Waals surface area contributed by atoms with Crippen molar-refractivity contribution < 1.29 is 13.4 Å². The van der Waals surface area contributed by atoms with Crippen molar-refractivity contribution in [2.45, 2.75) is 37.5 Å². The van der Waals surface area contributed by atoms with Crippen LogP contribution in [0.25, 0.3) is 0 Å². The first-order chi connectivity index (χ1) is 11.7. The van der Waals surface area contributed by atoms with Gasteiger partial charge in [-0.05, 0) is 51.9 Å². The SMILES string of the molecule is CN1CC(c2cc(NC(=O)C3CC3)ccc2F)N=C(N)C(C)(C)S1=O. The van der Waals surface area contributed by atoms with E-state index in [0.29, 0.717) is 11.3 Å². The van der Waals surface area contributed by atoms with E-state index in [9.17, 15) is 13.4 Å². The van der Waals surface area contributed by atoms with E-state index in [4.69, 9.17) is 5.73 Å². The van der Waals surface area contributed by atoms with Crippen LogP contribution >= 0.6 is 0 Å². The van der Waals surface area contributed by atoms with Crippen molar-refractivity contribution in [3.8, 4) is 0 Å². The zero-order valence-corrected chi connectivity index (χ0v) is 15.4. The van der Waals surface area contributed by atoms with Gasteiger partial charge in [0, 0.05) is 23.7 Å². The third-order valence-corrected chi connectivity index (χ3v) is 6.43. The normalized spacial score (nSPS) is 26.6. The number of carbonyl (C=O) groups is 1. The molecular formula is C17H23FN4O2S. The fourth-order valence-electron chi connectivity index (χ4n) is 2.79. The second kappa shape index (κ2) is 6.49. The summed E-state index contributed by atoms with van der Waals surface area (Å²) in [6, 6.07) is 3.85. The van der Waals surface area contributed by atoms with E-state index < -0.39 is 27.6 Å². The number of halogens is 1. The molecule has 1 aliphatic carbocycles. The Morgan fingerprint density at radius 1 is 1.44 bits per heavy atom. The summed E-state index contributed by atoms with van der Waals surface area (Å²) in [7, 11) is 0.333. The highest BCUT2D eigenvalue weighted by Gasteiger charge is 2.38. The van der Waals surface area contributed by atoms with Gasteiger partial charge in [0.05, 0.1) is 6.04 Å². The average molecular weight is 366 g/mol. The van der Waals surface area contributed by atoms with Gasteiger partial charge in [0.1, 0.15) is 27.4 Å². The van der Waals surface area contributed by atoms with Crippen LogP contribution in [0.2, 0.25) is 0 Å². The summed E-state index contributed by atoms with van der Waals surface area (Å²) in [5.74, 6) is -0.174. The highest BCUT2D eigenvalue weighted by atomic mass is 32.2. The molecule has 1 amide bonds. The Labute approximate surface area is 149 Å². The lowest BCUT2D eigenvalue weighted by Crippen LogP contribution is -2.45. The zero-order valence-electron chi connectivity index (χ0n) is 14.6. The minimum Gasteiger partial charge on any atom is -0.386 e. The van der Waals surface area contributed by atoms with E-state index in [0.717, 1.165) is 12.8 Å². The van der Waals surface area contributed by atoms with Crippen LogP contribution in [0.5, 0.6) is 0 Å². The molecule has 0 radical (unpaired) electrons. The molecule has 1 aromatic carbocycles. The van der Waals surface area contributed by atoms with Crippen molar-refractivity contribution in [1.82, 2.24) is 4.31 Å². The van der Waals surface area contributed by atoms with Crippen LogP contribution < -0.4 is 11.1 Å². The molecule has 1 saturated carbocycles. The third-order valence-electron chi connectivity index (χ3n) is 4.63. The Hall–Kier alpha value is -1.80. The summed E-state index contributed by atoms with van der Waals surface area (Å²) >= 11 is 0. The molecule has 1 heterocycles. The molecule has 8 heteroatoms. The van der Waals surface area contributed by atoms with E-state index in [1.54, 1.807) is 31.3 Å². The maximum atomic E-state index is 14.4. The van der Waals surface area contributed by atoms with Crippen molar-refractivity contribution in [2.24, 2.45) is 16.6 Å². The molecule has 136 valence electrons. The number of anilines is 1. The molecule has 0 spiro atoms. The lowest BCUT2D eigenvalue weighted by Gasteiger charge is -2.25. The number of benzene rings is 1. The Bertz CT molecular complexity index is 761. The zero-order chi connectivity index (χ0) is 18.4. The number of hydrogen-bond donors (Lipinski definition) is 2. The van der Waals surface area contributed by atoms with E-state index in [1.165, 1.54) is 12.1 Å². The Kier molecular flexibility index (Phi) is 4.68. The van der Waals surface area contributed by atoms with E-state index in [2.05, 4.69) is 10.3 Å². The summed E-state index contributed by atoms with van der Waals surface area (Å²) < 4.78 is 27.8. The number of likely N-dealkylation sites (N-methyl/N-ethyl adjacent to an activating group) is 1. The van der Waals surface area contributed by atoms with Gasteiger partial charge in [-0.15, -0.1) is 0 Å². The van der Waals surface area contributed by atoms with Gasteiger partial charge in [-0.25, -0.2) is 12.9 Å². The number of rotatable bonds is 3. The molecule has 0 aromatic heterocycles. The molecule has 0 saturated heterocycles. The Morgan fingerprint density at radius 2 is 2.12 bits per heavy atom. The first kappa shape index (κ1) is 18.0. The van der Waals surface area contributed by atoms with Crippen LogP contribution in [0.15, 0.2) is 23.2 Å². The van der Waals surface area contributed by atoms with E-state index >= 15 is 0 Å². The maximum absolute atomic E-state index is 14.4. The molecule has 1 fully saturated rings. The third kappa shape index (κ3) is 3.59. The smallest absolute Gasteiger partial charge is 0.227 e. The van der Waals surface area contributed by atoms with Crippen LogP contribution in [-0.4, -0.2) is 38.6 Å². The summed E-state index contributed by atoms with van der Waals surface area (Å²) in [5, 5.41) is 2.81. The lowest BCUT2D eigenvalue weighted by molar-refractivity contribution is -0.117. The number of carbonyl (C=O) groups excluding carboxylic acids is 1. The van der Waals surface area contributed by atoms with Gasteiger partial charge >= 0.3 is 0 Å². The highest BCUT2D eigenvalue weighted by Crippen LogP contribution is 2.32. The molecule has 25 heavy (non-hydrogen) atoms. The summed E-state index contributed by atoms with van der Waals surface area (Å²) in [4.78, 5) is 16.4. The topological polar surface area (TPSA) is 87.8 Å². The molecule has 2 aliphatic rings. The molecule has 6 nitrogen and oxygen atoms in total. The van der Waals surface area contributed by atoms with Crippen LogP contribution in [0, 0.1) is 11.7 Å². The van der Waals surface area contributed by atoms with Gasteiger partial charge in [0.25, 0.3) is 0 Å². The van der Waals surface area contributed by atoms with Crippen molar-refractivity contribution in [3.63, 3.8) is 0 Å². The molecule has 2 unspecified atom stereocenters. The number of nitrogens with one attached hydrogen (secondary N) is 1. The lowest BCUT2D eigenvalue weighted by atomic mass is 10.0. The monoisotopic (exact) mass is 366 g/mol. The Morgan fingerprint density at radius 3 is 2.76 bits per heavy atom. The number of amides is 1. The largest absolute Gasteiger partial charge is 0.386 e. The van der Waals surface area contributed by atoms with Gasteiger partial charge < -0.3 is 11.1 Å².